The van der Waals surface area contributed by atoms with Gasteiger partial charge >= 0.3 is 0 Å². The molecule has 1 unspecified atom stereocenters. The molecule has 1 aliphatic heterocycles. The van der Waals surface area contributed by atoms with Crippen molar-refractivity contribution in [1.82, 2.24) is 20.8 Å². The van der Waals surface area contributed by atoms with E-state index in [1.807, 2.05) is 31.2 Å². The Labute approximate surface area is 167 Å². The number of hydrogen-bond acceptors (Lipinski definition) is 3. The fourth-order valence-electron chi connectivity index (χ4n) is 3.76. The highest BCUT2D eigenvalue weighted by Gasteiger charge is 2.35. The van der Waals surface area contributed by atoms with Crippen LogP contribution in [0.4, 0.5) is 4.39 Å². The van der Waals surface area contributed by atoms with Gasteiger partial charge in [0, 0.05) is 12.1 Å². The molecule has 0 saturated carbocycles. The van der Waals surface area contributed by atoms with Crippen LogP contribution < -0.4 is 10.6 Å². The number of rotatable bonds is 5. The van der Waals surface area contributed by atoms with Gasteiger partial charge in [0.05, 0.1) is 29.4 Å². The number of H-pyrrole nitrogens is 1. The smallest absolute Gasteiger partial charge is 0.255 e. The van der Waals surface area contributed by atoms with Crippen LogP contribution in [0.3, 0.4) is 0 Å². The molecule has 29 heavy (non-hydrogen) atoms. The van der Waals surface area contributed by atoms with E-state index in [0.29, 0.717) is 18.7 Å². The lowest BCUT2D eigenvalue weighted by Gasteiger charge is -2.24. The van der Waals surface area contributed by atoms with Crippen molar-refractivity contribution in [2.24, 2.45) is 5.92 Å². The van der Waals surface area contributed by atoms with E-state index in [2.05, 4.69) is 20.8 Å². The number of aromatic nitrogens is 2. The van der Waals surface area contributed by atoms with Crippen LogP contribution >= 0.6 is 0 Å². The van der Waals surface area contributed by atoms with E-state index in [4.69, 9.17) is 0 Å². The Kier molecular flexibility index (Phi) is 5.12. The van der Waals surface area contributed by atoms with Gasteiger partial charge in [-0.1, -0.05) is 42.0 Å². The molecule has 3 N–H and O–H groups in total. The van der Waals surface area contributed by atoms with Gasteiger partial charge < -0.3 is 10.6 Å². The molecule has 4 rings (SSSR count). The van der Waals surface area contributed by atoms with Crippen LogP contribution in [0.25, 0.3) is 11.3 Å². The number of nitrogens with zero attached hydrogens (tertiary/aromatic N) is 1. The highest BCUT2D eigenvalue weighted by Crippen LogP contribution is 2.30. The molecule has 0 spiro atoms. The van der Waals surface area contributed by atoms with Gasteiger partial charge in [0.15, 0.2) is 0 Å². The summed E-state index contributed by atoms with van der Waals surface area (Å²) in [6.45, 7) is 2.54. The van der Waals surface area contributed by atoms with Crippen molar-refractivity contribution in [3.8, 4) is 11.3 Å². The second kappa shape index (κ2) is 7.87. The number of aryl methyl sites for hydroxylation is 1. The van der Waals surface area contributed by atoms with E-state index in [-0.39, 0.29) is 23.0 Å². The zero-order chi connectivity index (χ0) is 20.4. The zero-order valence-electron chi connectivity index (χ0n) is 15.9. The van der Waals surface area contributed by atoms with Crippen molar-refractivity contribution >= 4 is 11.8 Å². The second-order valence-electron chi connectivity index (χ2n) is 7.19. The first-order valence-electron chi connectivity index (χ1n) is 9.48. The van der Waals surface area contributed by atoms with Crippen LogP contribution in [0.1, 0.15) is 33.9 Å². The molecule has 0 bridgehead atoms. The van der Waals surface area contributed by atoms with E-state index in [0.717, 1.165) is 11.1 Å². The van der Waals surface area contributed by atoms with Crippen LogP contribution in [-0.2, 0) is 4.79 Å². The van der Waals surface area contributed by atoms with Crippen LogP contribution in [0.15, 0.2) is 54.7 Å². The minimum absolute atomic E-state index is 0.0849. The van der Waals surface area contributed by atoms with Gasteiger partial charge in [0.25, 0.3) is 5.91 Å². The normalized spacial score (nSPS) is 17.0. The molecule has 3 aromatic rings. The Morgan fingerprint density at radius 3 is 2.79 bits per heavy atom. The molecule has 1 fully saturated rings. The van der Waals surface area contributed by atoms with Crippen LogP contribution in [0, 0.1) is 18.7 Å². The van der Waals surface area contributed by atoms with Crippen molar-refractivity contribution in [3.63, 3.8) is 0 Å². The molecule has 2 heterocycles. The van der Waals surface area contributed by atoms with Gasteiger partial charge in [-0.25, -0.2) is 4.39 Å². The summed E-state index contributed by atoms with van der Waals surface area (Å²) in [6, 6.07) is 13.4. The molecule has 148 valence electrons. The van der Waals surface area contributed by atoms with Crippen molar-refractivity contribution in [2.75, 3.05) is 6.54 Å². The zero-order valence-corrected chi connectivity index (χ0v) is 15.9. The highest BCUT2D eigenvalue weighted by molar-refractivity contribution is 6.00. The number of benzene rings is 2. The molecule has 7 heteroatoms. The lowest BCUT2D eigenvalue weighted by atomic mass is 9.90. The fourth-order valence-corrected chi connectivity index (χ4v) is 3.76. The number of carbonyl (C=O) groups is 2. The number of aromatic amines is 1. The van der Waals surface area contributed by atoms with Gasteiger partial charge in [-0.05, 0) is 31.0 Å². The summed E-state index contributed by atoms with van der Waals surface area (Å²) >= 11 is 0. The Morgan fingerprint density at radius 2 is 2.07 bits per heavy atom. The Balaban J connectivity index is 1.67. The van der Waals surface area contributed by atoms with Gasteiger partial charge in [0.1, 0.15) is 5.82 Å². The number of hydrogen-bond donors (Lipinski definition) is 3. The van der Waals surface area contributed by atoms with E-state index < -0.39 is 17.8 Å². The third kappa shape index (κ3) is 3.76. The second-order valence-corrected chi connectivity index (χ2v) is 7.19. The van der Waals surface area contributed by atoms with Gasteiger partial charge in [-0.3, -0.25) is 14.7 Å². The molecule has 0 aliphatic carbocycles. The third-order valence-corrected chi connectivity index (χ3v) is 5.21. The van der Waals surface area contributed by atoms with Crippen molar-refractivity contribution < 1.29 is 14.0 Å². The molecular formula is C22H21FN4O2. The lowest BCUT2D eigenvalue weighted by Crippen LogP contribution is -2.36. The first-order chi connectivity index (χ1) is 14.0. The SMILES string of the molecule is Cc1cccc(C(NC(=O)c2cn[nH]c2-c2ccccc2F)[C@H]2CCNC2=O)c1. The summed E-state index contributed by atoms with van der Waals surface area (Å²) in [5, 5.41) is 12.5. The van der Waals surface area contributed by atoms with Crippen LogP contribution in [0.2, 0.25) is 0 Å². The molecule has 2 aromatic carbocycles. The summed E-state index contributed by atoms with van der Waals surface area (Å²) in [4.78, 5) is 25.5. The maximum atomic E-state index is 14.2. The largest absolute Gasteiger partial charge is 0.356 e. The Hall–Kier alpha value is -3.48. The summed E-state index contributed by atoms with van der Waals surface area (Å²) in [5.41, 5.74) is 2.69. The number of amides is 2. The molecule has 2 amide bonds. The minimum Gasteiger partial charge on any atom is -0.356 e. The maximum absolute atomic E-state index is 14.2. The topological polar surface area (TPSA) is 86.9 Å². The molecule has 0 radical (unpaired) electrons. The summed E-state index contributed by atoms with van der Waals surface area (Å²) in [7, 11) is 0. The van der Waals surface area contributed by atoms with Crippen molar-refractivity contribution in [2.45, 2.75) is 19.4 Å². The predicted octanol–water partition coefficient (Wildman–Crippen LogP) is 3.13. The van der Waals surface area contributed by atoms with E-state index in [1.165, 1.54) is 12.3 Å². The Bertz CT molecular complexity index is 1060. The van der Waals surface area contributed by atoms with E-state index in [9.17, 15) is 14.0 Å². The van der Waals surface area contributed by atoms with Gasteiger partial charge in [-0.2, -0.15) is 5.10 Å². The molecular weight excluding hydrogens is 371 g/mol. The third-order valence-electron chi connectivity index (χ3n) is 5.21. The summed E-state index contributed by atoms with van der Waals surface area (Å²) in [5.74, 6) is -1.32. The van der Waals surface area contributed by atoms with Crippen molar-refractivity contribution in [1.29, 1.82) is 0 Å². The average molecular weight is 392 g/mol. The molecule has 1 aromatic heterocycles. The molecule has 1 aliphatic rings. The minimum atomic E-state index is -0.492. The maximum Gasteiger partial charge on any atom is 0.255 e. The first kappa shape index (κ1) is 18.9. The van der Waals surface area contributed by atoms with E-state index in [1.54, 1.807) is 18.2 Å². The predicted molar refractivity (Wildman–Crippen MR) is 106 cm³/mol. The fraction of sp³-hybridized carbons (Fsp3) is 0.227. The summed E-state index contributed by atoms with van der Waals surface area (Å²) in [6.07, 6.45) is 2.00. The molecule has 1 saturated heterocycles. The van der Waals surface area contributed by atoms with E-state index >= 15 is 0 Å². The first-order valence-corrected chi connectivity index (χ1v) is 9.48. The average Bonchev–Trinajstić information content (AvgIpc) is 3.35. The van der Waals surface area contributed by atoms with Gasteiger partial charge in [0.2, 0.25) is 5.91 Å². The molecule has 6 nitrogen and oxygen atoms in total. The standard InChI is InChI=1S/C22H21FN4O2/c1-13-5-4-6-14(11-13)19(16-9-10-24-21(16)28)26-22(29)17-12-25-27-20(17)15-7-2-3-8-18(15)23/h2-8,11-12,16,19H,9-10H2,1H3,(H,24,28)(H,25,27)(H,26,29)/t16-,19?/m1/s1. The quantitative estimate of drug-likeness (QED) is 0.623. The number of halogens is 1. The monoisotopic (exact) mass is 392 g/mol. The van der Waals surface area contributed by atoms with Crippen molar-refractivity contribution in [3.05, 3.63) is 77.2 Å². The highest BCUT2D eigenvalue weighted by atomic mass is 19.1. The number of carbonyl (C=O) groups excluding carboxylic acids is 2. The van der Waals surface area contributed by atoms with Crippen LogP contribution in [-0.4, -0.2) is 28.6 Å². The number of nitrogens with one attached hydrogen (secondary N) is 3. The van der Waals surface area contributed by atoms with Gasteiger partial charge in [-0.15, -0.1) is 0 Å². The lowest BCUT2D eigenvalue weighted by molar-refractivity contribution is -0.123. The molecule has 2 atom stereocenters. The van der Waals surface area contributed by atoms with Crippen LogP contribution in [0.5, 0.6) is 0 Å². The summed E-state index contributed by atoms with van der Waals surface area (Å²) < 4.78 is 14.2. The Morgan fingerprint density at radius 1 is 1.24 bits per heavy atom.